The van der Waals surface area contributed by atoms with Crippen molar-refractivity contribution in [3.05, 3.63) is 116 Å². The fourth-order valence-electron chi connectivity index (χ4n) is 2.97. The van der Waals surface area contributed by atoms with Gasteiger partial charge in [0.15, 0.2) is 0 Å². The van der Waals surface area contributed by atoms with Gasteiger partial charge in [0.1, 0.15) is 4.88 Å². The molecule has 7 heteroatoms. The molecule has 0 saturated heterocycles. The number of nitrogens with one attached hydrogen (secondary N) is 2. The average molecular weight is 415 g/mol. The van der Waals surface area contributed by atoms with E-state index in [1.807, 2.05) is 53.4 Å². The molecule has 2 aromatic heterocycles. The second-order valence-electron chi connectivity index (χ2n) is 6.57. The van der Waals surface area contributed by atoms with Crippen molar-refractivity contribution in [2.45, 2.75) is 6.42 Å². The monoisotopic (exact) mass is 415 g/mol. The van der Waals surface area contributed by atoms with Crippen molar-refractivity contribution < 1.29 is 9.36 Å². The van der Waals surface area contributed by atoms with Crippen molar-refractivity contribution in [2.24, 2.45) is 5.10 Å². The topological polar surface area (TPSA) is 78.2 Å². The highest BCUT2D eigenvalue weighted by atomic mass is 32.1. The molecule has 30 heavy (non-hydrogen) atoms. The van der Waals surface area contributed by atoms with E-state index in [9.17, 15) is 9.59 Å². The zero-order chi connectivity index (χ0) is 20.8. The van der Waals surface area contributed by atoms with Gasteiger partial charge in [-0.3, -0.25) is 4.79 Å². The Hall–Kier alpha value is -3.84. The van der Waals surface area contributed by atoms with Crippen LogP contribution in [0.4, 0.5) is 0 Å². The molecule has 0 aliphatic heterocycles. The lowest BCUT2D eigenvalue weighted by molar-refractivity contribution is -0.599. The number of aromatic nitrogens is 2. The summed E-state index contributed by atoms with van der Waals surface area (Å²) in [5.74, 6) is 0.295. The van der Waals surface area contributed by atoms with E-state index < -0.39 is 0 Å². The second kappa shape index (κ2) is 9.11. The minimum Gasteiger partial charge on any atom is -0.267 e. The third kappa shape index (κ3) is 4.76. The van der Waals surface area contributed by atoms with Gasteiger partial charge < -0.3 is 0 Å². The van der Waals surface area contributed by atoms with Crippen LogP contribution >= 0.6 is 11.3 Å². The van der Waals surface area contributed by atoms with E-state index in [1.165, 1.54) is 17.3 Å². The Balaban J connectivity index is 1.49. The van der Waals surface area contributed by atoms with Crippen molar-refractivity contribution >= 4 is 23.5 Å². The minimum absolute atomic E-state index is 0.193. The lowest BCUT2D eigenvalue weighted by Crippen LogP contribution is -2.32. The third-order valence-corrected chi connectivity index (χ3v) is 5.25. The highest BCUT2D eigenvalue weighted by molar-refractivity contribution is 7.11. The molecule has 6 nitrogen and oxygen atoms in total. The van der Waals surface area contributed by atoms with Crippen LogP contribution in [0.1, 0.15) is 26.4 Å². The smallest absolute Gasteiger partial charge is 0.267 e. The fraction of sp³-hybridized carbons (Fsp3) is 0.0435. The standard InChI is InChI=1S/C23H18N4O2S/c28-22(19-9-5-2-6-10-19)26-24-16-20-21(25-23(29)30-20)27-13-11-18(12-14-27)15-17-7-3-1-4-8-17/h1-14,16H,15H2,(H-,24,25,26,28,29)/p+1. The molecule has 4 rings (SSSR count). The maximum absolute atomic E-state index is 12.1. The highest BCUT2D eigenvalue weighted by Crippen LogP contribution is 2.10. The molecule has 0 aliphatic rings. The first-order valence-corrected chi connectivity index (χ1v) is 10.2. The van der Waals surface area contributed by atoms with Crippen LogP contribution in [0.2, 0.25) is 0 Å². The fourth-order valence-corrected chi connectivity index (χ4v) is 3.68. The molecule has 2 aromatic carbocycles. The largest absolute Gasteiger partial charge is 0.390 e. The summed E-state index contributed by atoms with van der Waals surface area (Å²) >= 11 is 1.03. The summed E-state index contributed by atoms with van der Waals surface area (Å²) in [6, 6.07) is 23.1. The summed E-state index contributed by atoms with van der Waals surface area (Å²) in [6.45, 7) is 0. The number of carbonyl (C=O) groups excluding carboxylic acids is 1. The molecule has 0 radical (unpaired) electrons. The Kier molecular flexibility index (Phi) is 5.91. The predicted molar refractivity (Wildman–Crippen MR) is 117 cm³/mol. The van der Waals surface area contributed by atoms with Crippen molar-refractivity contribution in [2.75, 3.05) is 0 Å². The van der Waals surface area contributed by atoms with Crippen LogP contribution in [0.25, 0.3) is 5.82 Å². The number of thiazole rings is 1. The quantitative estimate of drug-likeness (QED) is 0.288. The van der Waals surface area contributed by atoms with Gasteiger partial charge >= 0.3 is 10.7 Å². The molecule has 4 aromatic rings. The van der Waals surface area contributed by atoms with E-state index in [2.05, 4.69) is 27.6 Å². The minimum atomic E-state index is -0.311. The number of amides is 1. The van der Waals surface area contributed by atoms with Crippen LogP contribution in [0.5, 0.6) is 0 Å². The van der Waals surface area contributed by atoms with Crippen molar-refractivity contribution in [1.29, 1.82) is 0 Å². The van der Waals surface area contributed by atoms with Crippen LogP contribution in [-0.4, -0.2) is 17.1 Å². The molecule has 0 bridgehead atoms. The van der Waals surface area contributed by atoms with Crippen LogP contribution in [0.3, 0.4) is 0 Å². The first kappa shape index (κ1) is 19.5. The third-order valence-electron chi connectivity index (χ3n) is 4.45. The maximum atomic E-state index is 12.1. The summed E-state index contributed by atoms with van der Waals surface area (Å²) in [4.78, 5) is 27.2. The Morgan fingerprint density at radius 3 is 2.30 bits per heavy atom. The Labute approximate surface area is 177 Å². The summed E-state index contributed by atoms with van der Waals surface area (Å²) in [6.07, 6.45) is 6.11. The summed E-state index contributed by atoms with van der Waals surface area (Å²) in [5.41, 5.74) is 5.40. The predicted octanol–water partition coefficient (Wildman–Crippen LogP) is 3.07. The second-order valence-corrected chi connectivity index (χ2v) is 7.58. The Morgan fingerprint density at radius 1 is 0.967 bits per heavy atom. The van der Waals surface area contributed by atoms with Gasteiger partial charge in [0.05, 0.1) is 18.6 Å². The zero-order valence-electron chi connectivity index (χ0n) is 16.0. The van der Waals surface area contributed by atoms with Gasteiger partial charge in [-0.05, 0) is 53.1 Å². The molecule has 1 amide bonds. The normalized spacial score (nSPS) is 10.9. The van der Waals surface area contributed by atoms with Crippen LogP contribution in [-0.2, 0) is 6.42 Å². The van der Waals surface area contributed by atoms with E-state index in [1.54, 1.807) is 24.3 Å². The van der Waals surface area contributed by atoms with Gasteiger partial charge in [-0.1, -0.05) is 48.5 Å². The number of hydrogen-bond donors (Lipinski definition) is 2. The lowest BCUT2D eigenvalue weighted by Gasteiger charge is -2.02. The van der Waals surface area contributed by atoms with Crippen molar-refractivity contribution in [1.82, 2.24) is 10.4 Å². The van der Waals surface area contributed by atoms with E-state index >= 15 is 0 Å². The van der Waals surface area contributed by atoms with E-state index in [0.717, 1.165) is 17.8 Å². The first-order chi connectivity index (χ1) is 14.7. The average Bonchev–Trinajstić information content (AvgIpc) is 3.16. The van der Waals surface area contributed by atoms with Gasteiger partial charge in [0.2, 0.25) is 0 Å². The van der Waals surface area contributed by atoms with Crippen LogP contribution < -0.4 is 14.9 Å². The maximum Gasteiger partial charge on any atom is 0.390 e. The SMILES string of the molecule is O=C(NN=Cc1sc(=O)[nH]c1-[n+]1ccc(Cc2ccccc2)cc1)c1ccccc1. The number of pyridine rings is 1. The Bertz CT molecular complexity index is 1210. The number of H-pyrrole nitrogens is 1. The molecule has 0 unspecified atom stereocenters. The first-order valence-electron chi connectivity index (χ1n) is 9.35. The molecular formula is C23H19N4O2S+. The summed E-state index contributed by atoms with van der Waals surface area (Å²) in [5, 5.41) is 4.00. The van der Waals surface area contributed by atoms with E-state index in [0.29, 0.717) is 16.3 Å². The molecule has 2 N–H and O–H groups in total. The summed E-state index contributed by atoms with van der Waals surface area (Å²) < 4.78 is 1.83. The van der Waals surface area contributed by atoms with Gasteiger partial charge in [-0.25, -0.2) is 14.8 Å². The molecule has 0 spiro atoms. The molecule has 2 heterocycles. The number of rotatable bonds is 6. The van der Waals surface area contributed by atoms with Crippen LogP contribution in [0.15, 0.2) is 95.1 Å². The van der Waals surface area contributed by atoms with Gasteiger partial charge in [0, 0.05) is 5.56 Å². The number of carbonyl (C=O) groups is 1. The van der Waals surface area contributed by atoms with Gasteiger partial charge in [0.25, 0.3) is 5.91 Å². The van der Waals surface area contributed by atoms with Crippen LogP contribution in [0, 0.1) is 0 Å². The number of hydrazone groups is 1. The molecule has 0 fully saturated rings. The highest BCUT2D eigenvalue weighted by Gasteiger charge is 2.16. The lowest BCUT2D eigenvalue weighted by atomic mass is 10.1. The zero-order valence-corrected chi connectivity index (χ0v) is 16.8. The molecule has 0 aliphatic carbocycles. The van der Waals surface area contributed by atoms with Crippen molar-refractivity contribution in [3.63, 3.8) is 0 Å². The molecule has 0 atom stereocenters. The van der Waals surface area contributed by atoms with Gasteiger partial charge in [-0.2, -0.15) is 10.1 Å². The van der Waals surface area contributed by atoms with E-state index in [-0.39, 0.29) is 10.8 Å². The van der Waals surface area contributed by atoms with Gasteiger partial charge in [-0.15, -0.1) is 0 Å². The Morgan fingerprint density at radius 2 is 1.60 bits per heavy atom. The molecular weight excluding hydrogens is 396 g/mol. The molecule has 148 valence electrons. The number of hydrogen-bond acceptors (Lipinski definition) is 4. The van der Waals surface area contributed by atoms with Crippen molar-refractivity contribution in [3.8, 4) is 5.82 Å². The number of nitrogens with zero attached hydrogens (tertiary/aromatic N) is 2. The number of benzene rings is 2. The summed E-state index contributed by atoms with van der Waals surface area (Å²) in [7, 11) is 0. The molecule has 0 saturated carbocycles. The number of aromatic amines is 1. The van der Waals surface area contributed by atoms with E-state index in [4.69, 9.17) is 0 Å².